The maximum Gasteiger partial charge on any atom is 0.522 e. The Kier molecular flexibility index (Phi) is 5.38. The first kappa shape index (κ1) is 16.7. The van der Waals surface area contributed by atoms with Crippen LogP contribution in [0.2, 0.25) is 0 Å². The van der Waals surface area contributed by atoms with E-state index in [4.69, 9.17) is 0 Å². The number of nitrogens with zero attached hydrogens (tertiary/aromatic N) is 1. The normalized spacial score (nSPS) is 25.6. The van der Waals surface area contributed by atoms with Gasteiger partial charge in [0.25, 0.3) is 0 Å². The van der Waals surface area contributed by atoms with Crippen molar-refractivity contribution in [3.05, 3.63) is 0 Å². The summed E-state index contributed by atoms with van der Waals surface area (Å²) in [5.41, 5.74) is 0. The van der Waals surface area contributed by atoms with Crippen LogP contribution in [0, 0.1) is 5.92 Å². The summed E-state index contributed by atoms with van der Waals surface area (Å²) in [7, 11) is 0. The summed E-state index contributed by atoms with van der Waals surface area (Å²) in [6.07, 6.45) is -4.06. The second-order valence-corrected chi connectivity index (χ2v) is 4.87. The van der Waals surface area contributed by atoms with Crippen LogP contribution in [0.1, 0.15) is 27.2 Å². The number of alkyl halides is 3. The molecule has 1 aliphatic rings. The standard InChI is InChI=1S/C12H19F3N2O3/c1-4-7(2)9-11(19)17(8(3)10(18)16-9)5-6-20-12(13,14)15/h7-9H,4-6H2,1-3H3,(H,16,18). The van der Waals surface area contributed by atoms with E-state index in [2.05, 4.69) is 10.1 Å². The van der Waals surface area contributed by atoms with Gasteiger partial charge in [0.1, 0.15) is 12.1 Å². The van der Waals surface area contributed by atoms with Crippen LogP contribution in [0.15, 0.2) is 0 Å². The zero-order valence-electron chi connectivity index (χ0n) is 11.7. The van der Waals surface area contributed by atoms with E-state index in [0.717, 1.165) is 4.90 Å². The summed E-state index contributed by atoms with van der Waals surface area (Å²) in [6.45, 7) is 4.22. The Morgan fingerprint density at radius 3 is 2.50 bits per heavy atom. The Balaban J connectivity index is 2.70. The SMILES string of the molecule is CCC(C)C1NC(=O)C(C)N(CCOC(F)(F)F)C1=O. The van der Waals surface area contributed by atoms with E-state index in [-0.39, 0.29) is 24.3 Å². The summed E-state index contributed by atoms with van der Waals surface area (Å²) in [5, 5.41) is 2.61. The maximum atomic E-state index is 12.2. The zero-order chi connectivity index (χ0) is 15.5. The third kappa shape index (κ3) is 4.09. The molecule has 0 saturated carbocycles. The van der Waals surface area contributed by atoms with Gasteiger partial charge in [0.05, 0.1) is 6.61 Å². The molecule has 0 spiro atoms. The number of carbonyl (C=O) groups excluding carboxylic acids is 2. The fourth-order valence-electron chi connectivity index (χ4n) is 2.03. The first-order valence-corrected chi connectivity index (χ1v) is 6.49. The fourth-order valence-corrected chi connectivity index (χ4v) is 2.03. The molecule has 3 unspecified atom stereocenters. The number of rotatable bonds is 5. The van der Waals surface area contributed by atoms with Gasteiger partial charge in [-0.3, -0.25) is 14.3 Å². The molecule has 0 bridgehead atoms. The Morgan fingerprint density at radius 2 is 2.00 bits per heavy atom. The Bertz CT molecular complexity index is 373. The molecular weight excluding hydrogens is 277 g/mol. The van der Waals surface area contributed by atoms with E-state index in [9.17, 15) is 22.8 Å². The van der Waals surface area contributed by atoms with Crippen molar-refractivity contribution in [1.82, 2.24) is 10.2 Å². The zero-order valence-corrected chi connectivity index (χ0v) is 11.7. The Hall–Kier alpha value is -1.31. The lowest BCUT2D eigenvalue weighted by Crippen LogP contribution is -2.64. The molecule has 1 heterocycles. The van der Waals surface area contributed by atoms with Crippen molar-refractivity contribution in [3.8, 4) is 0 Å². The molecule has 116 valence electrons. The van der Waals surface area contributed by atoms with Gasteiger partial charge >= 0.3 is 6.36 Å². The quantitative estimate of drug-likeness (QED) is 0.831. The minimum absolute atomic E-state index is 0.0787. The molecule has 0 aromatic rings. The van der Waals surface area contributed by atoms with Crippen molar-refractivity contribution in [3.63, 3.8) is 0 Å². The average molecular weight is 296 g/mol. The van der Waals surface area contributed by atoms with Crippen molar-refractivity contribution < 1.29 is 27.5 Å². The van der Waals surface area contributed by atoms with E-state index < -0.39 is 25.1 Å². The highest BCUT2D eigenvalue weighted by molar-refractivity contribution is 5.96. The van der Waals surface area contributed by atoms with Gasteiger partial charge in [0.15, 0.2) is 0 Å². The van der Waals surface area contributed by atoms with Crippen LogP contribution >= 0.6 is 0 Å². The molecule has 0 aromatic heterocycles. The van der Waals surface area contributed by atoms with Gasteiger partial charge in [-0.25, -0.2) is 0 Å². The first-order valence-electron chi connectivity index (χ1n) is 6.49. The lowest BCUT2D eigenvalue weighted by Gasteiger charge is -2.39. The van der Waals surface area contributed by atoms with Gasteiger partial charge in [0, 0.05) is 6.54 Å². The summed E-state index contributed by atoms with van der Waals surface area (Å²) < 4.78 is 39.5. The molecule has 1 rings (SSSR count). The average Bonchev–Trinajstić information content (AvgIpc) is 2.35. The molecule has 1 N–H and O–H groups in total. The molecule has 0 aliphatic carbocycles. The molecule has 5 nitrogen and oxygen atoms in total. The molecular formula is C12H19F3N2O3. The third-order valence-corrected chi connectivity index (χ3v) is 3.50. The number of carbonyl (C=O) groups is 2. The minimum atomic E-state index is -4.74. The number of hydrogen-bond donors (Lipinski definition) is 1. The molecule has 1 fully saturated rings. The number of nitrogens with one attached hydrogen (secondary N) is 1. The van der Waals surface area contributed by atoms with Gasteiger partial charge in [-0.15, -0.1) is 13.2 Å². The second kappa shape index (κ2) is 6.43. The van der Waals surface area contributed by atoms with Gasteiger partial charge in [-0.05, 0) is 12.8 Å². The molecule has 0 radical (unpaired) electrons. The van der Waals surface area contributed by atoms with E-state index in [1.54, 1.807) is 0 Å². The van der Waals surface area contributed by atoms with Crippen LogP contribution < -0.4 is 5.32 Å². The monoisotopic (exact) mass is 296 g/mol. The number of piperazine rings is 1. The largest absolute Gasteiger partial charge is 0.522 e. The second-order valence-electron chi connectivity index (χ2n) is 4.87. The van der Waals surface area contributed by atoms with Gasteiger partial charge in [-0.1, -0.05) is 20.3 Å². The molecule has 20 heavy (non-hydrogen) atoms. The van der Waals surface area contributed by atoms with Crippen molar-refractivity contribution in [2.24, 2.45) is 5.92 Å². The Labute approximate surface area is 115 Å². The lowest BCUT2D eigenvalue weighted by atomic mass is 9.94. The summed E-state index contributed by atoms with van der Waals surface area (Å²) in [5.74, 6) is -0.802. The van der Waals surface area contributed by atoms with Crippen LogP contribution in [-0.4, -0.2) is 48.3 Å². The van der Waals surface area contributed by atoms with Crippen molar-refractivity contribution in [1.29, 1.82) is 0 Å². The van der Waals surface area contributed by atoms with Gasteiger partial charge in [0.2, 0.25) is 11.8 Å². The van der Waals surface area contributed by atoms with Crippen molar-refractivity contribution in [2.45, 2.75) is 45.6 Å². The third-order valence-electron chi connectivity index (χ3n) is 3.50. The number of amides is 2. The number of ether oxygens (including phenoxy) is 1. The van der Waals surface area contributed by atoms with E-state index in [1.165, 1.54) is 6.92 Å². The van der Waals surface area contributed by atoms with Crippen LogP contribution in [0.25, 0.3) is 0 Å². The highest BCUT2D eigenvalue weighted by atomic mass is 19.4. The highest BCUT2D eigenvalue weighted by Gasteiger charge is 2.40. The van der Waals surface area contributed by atoms with Gasteiger partial charge < -0.3 is 10.2 Å². The minimum Gasteiger partial charge on any atom is -0.342 e. The molecule has 0 aromatic carbocycles. The van der Waals surface area contributed by atoms with Crippen molar-refractivity contribution in [2.75, 3.05) is 13.2 Å². The first-order chi connectivity index (χ1) is 9.17. The predicted octanol–water partition coefficient (Wildman–Crippen LogP) is 1.28. The molecule has 1 saturated heterocycles. The lowest BCUT2D eigenvalue weighted by molar-refractivity contribution is -0.325. The van der Waals surface area contributed by atoms with E-state index in [0.29, 0.717) is 6.42 Å². The number of halogens is 3. The van der Waals surface area contributed by atoms with Crippen LogP contribution in [0.3, 0.4) is 0 Å². The maximum absolute atomic E-state index is 12.2. The van der Waals surface area contributed by atoms with Crippen LogP contribution in [-0.2, 0) is 14.3 Å². The summed E-state index contributed by atoms with van der Waals surface area (Å²) >= 11 is 0. The van der Waals surface area contributed by atoms with Crippen LogP contribution in [0.4, 0.5) is 13.2 Å². The summed E-state index contributed by atoms with van der Waals surface area (Å²) in [6, 6.07) is -1.48. The highest BCUT2D eigenvalue weighted by Crippen LogP contribution is 2.19. The number of hydrogen-bond acceptors (Lipinski definition) is 3. The van der Waals surface area contributed by atoms with E-state index >= 15 is 0 Å². The molecule has 2 amide bonds. The van der Waals surface area contributed by atoms with Gasteiger partial charge in [-0.2, -0.15) is 0 Å². The molecule has 1 aliphatic heterocycles. The fraction of sp³-hybridized carbons (Fsp3) is 0.833. The Morgan fingerprint density at radius 1 is 1.40 bits per heavy atom. The summed E-state index contributed by atoms with van der Waals surface area (Å²) in [4.78, 5) is 25.1. The smallest absolute Gasteiger partial charge is 0.342 e. The van der Waals surface area contributed by atoms with E-state index in [1.807, 2.05) is 13.8 Å². The molecule has 3 atom stereocenters. The molecule has 8 heteroatoms. The predicted molar refractivity (Wildman–Crippen MR) is 64.6 cm³/mol. The van der Waals surface area contributed by atoms with Crippen molar-refractivity contribution >= 4 is 11.8 Å². The topological polar surface area (TPSA) is 58.6 Å². The van der Waals surface area contributed by atoms with Crippen LogP contribution in [0.5, 0.6) is 0 Å².